The lowest BCUT2D eigenvalue weighted by Crippen LogP contribution is -2.41. The monoisotopic (exact) mass is 528 g/mol. The first kappa shape index (κ1) is 24.9. The van der Waals surface area contributed by atoms with Crippen molar-refractivity contribution >= 4 is 55.6 Å². The predicted molar refractivity (Wildman–Crippen MR) is 140 cm³/mol. The summed E-state index contributed by atoms with van der Waals surface area (Å²) in [6, 6.07) is 25.7. The number of nitrogens with one attached hydrogen (secondary N) is 1. The van der Waals surface area contributed by atoms with Gasteiger partial charge in [-0.3, -0.25) is 9.10 Å². The Morgan fingerprint density at radius 3 is 2.34 bits per heavy atom. The van der Waals surface area contributed by atoms with Gasteiger partial charge < -0.3 is 10.1 Å². The van der Waals surface area contributed by atoms with Crippen molar-refractivity contribution in [1.29, 1.82) is 0 Å². The summed E-state index contributed by atoms with van der Waals surface area (Å²) in [6.07, 6.45) is 0. The maximum Gasteiger partial charge on any atom is 0.264 e. The number of halogens is 2. The molecule has 0 atom stereocenters. The van der Waals surface area contributed by atoms with Crippen molar-refractivity contribution in [3.05, 3.63) is 101 Å². The summed E-state index contributed by atoms with van der Waals surface area (Å²) in [6.45, 7) is -0.00709. The number of hydrogen-bond donors (Lipinski definition) is 1. The van der Waals surface area contributed by atoms with Crippen LogP contribution < -0.4 is 14.4 Å². The summed E-state index contributed by atoms with van der Waals surface area (Å²) in [7, 11) is -4.06. The number of anilines is 1. The van der Waals surface area contributed by atoms with Gasteiger partial charge in [0.25, 0.3) is 10.0 Å². The molecular weight excluding hydrogens is 507 g/mol. The van der Waals surface area contributed by atoms with Gasteiger partial charge in [0.2, 0.25) is 5.91 Å². The zero-order valence-electron chi connectivity index (χ0n) is 18.5. The van der Waals surface area contributed by atoms with E-state index in [9.17, 15) is 13.2 Å². The van der Waals surface area contributed by atoms with E-state index >= 15 is 0 Å². The van der Waals surface area contributed by atoms with Crippen LogP contribution in [0.25, 0.3) is 10.8 Å². The number of sulfonamides is 1. The van der Waals surface area contributed by atoms with Crippen molar-refractivity contribution in [1.82, 2.24) is 5.32 Å². The molecule has 4 aromatic carbocycles. The van der Waals surface area contributed by atoms with Gasteiger partial charge in [0, 0.05) is 15.4 Å². The first-order chi connectivity index (χ1) is 16.8. The van der Waals surface area contributed by atoms with Gasteiger partial charge >= 0.3 is 0 Å². The predicted octanol–water partition coefficient (Wildman–Crippen LogP) is 5.54. The van der Waals surface area contributed by atoms with Gasteiger partial charge in [-0.25, -0.2) is 8.42 Å². The van der Waals surface area contributed by atoms with E-state index in [1.54, 1.807) is 18.2 Å². The van der Waals surface area contributed by atoms with Crippen LogP contribution in [0.15, 0.2) is 95.9 Å². The normalized spacial score (nSPS) is 11.3. The molecule has 4 rings (SSSR count). The van der Waals surface area contributed by atoms with E-state index in [0.717, 1.165) is 15.1 Å². The van der Waals surface area contributed by atoms with Crippen molar-refractivity contribution in [3.8, 4) is 5.75 Å². The molecule has 0 aliphatic carbocycles. The zero-order chi connectivity index (χ0) is 24.8. The highest BCUT2D eigenvalue weighted by Gasteiger charge is 2.27. The molecule has 0 saturated heterocycles. The molecule has 0 bridgehead atoms. The van der Waals surface area contributed by atoms with Crippen LogP contribution in [0.3, 0.4) is 0 Å². The van der Waals surface area contributed by atoms with Crippen LogP contribution >= 0.6 is 23.2 Å². The molecule has 1 N–H and O–H groups in total. The standard InChI is InChI=1S/C26H22Cl2N2O4S/c27-20-11-13-23(14-12-20)35(32,33)30(22-8-4-7-21(28)17-22)18-26(31)29-15-16-34-25-10-3-6-19-5-1-2-9-24(19)25/h1-14,17H,15-16,18H2,(H,29,31). The fraction of sp³-hybridized carbons (Fsp3) is 0.115. The molecule has 180 valence electrons. The van der Waals surface area contributed by atoms with E-state index in [2.05, 4.69) is 5.32 Å². The smallest absolute Gasteiger partial charge is 0.264 e. The van der Waals surface area contributed by atoms with Crippen LogP contribution in [0.1, 0.15) is 0 Å². The molecule has 9 heteroatoms. The molecule has 6 nitrogen and oxygen atoms in total. The molecule has 0 fully saturated rings. The summed E-state index contributed by atoms with van der Waals surface area (Å²) in [5, 5.41) is 5.51. The highest BCUT2D eigenvalue weighted by molar-refractivity contribution is 7.92. The topological polar surface area (TPSA) is 75.7 Å². The highest BCUT2D eigenvalue weighted by Crippen LogP contribution is 2.27. The number of benzene rings is 4. The lowest BCUT2D eigenvalue weighted by molar-refractivity contribution is -0.119. The van der Waals surface area contributed by atoms with Crippen molar-refractivity contribution in [2.75, 3.05) is 24.0 Å². The summed E-state index contributed by atoms with van der Waals surface area (Å²) in [5.41, 5.74) is 0.273. The number of rotatable bonds is 9. The molecule has 4 aromatic rings. The summed E-state index contributed by atoms with van der Waals surface area (Å²) >= 11 is 12.0. The van der Waals surface area contributed by atoms with Crippen molar-refractivity contribution in [3.63, 3.8) is 0 Å². The second kappa shape index (κ2) is 11.0. The second-order valence-electron chi connectivity index (χ2n) is 7.62. The van der Waals surface area contributed by atoms with Crippen LogP contribution in [-0.2, 0) is 14.8 Å². The van der Waals surface area contributed by atoms with Crippen molar-refractivity contribution < 1.29 is 17.9 Å². The minimum Gasteiger partial charge on any atom is -0.491 e. The molecule has 0 aromatic heterocycles. The van der Waals surface area contributed by atoms with Crippen molar-refractivity contribution in [2.24, 2.45) is 0 Å². The maximum absolute atomic E-state index is 13.4. The first-order valence-corrected chi connectivity index (χ1v) is 13.0. The maximum atomic E-state index is 13.4. The van der Waals surface area contributed by atoms with E-state index in [4.69, 9.17) is 27.9 Å². The minimum atomic E-state index is -4.06. The summed E-state index contributed by atoms with van der Waals surface area (Å²) in [5.74, 6) is 0.229. The number of ether oxygens (including phenoxy) is 1. The van der Waals surface area contributed by atoms with E-state index < -0.39 is 22.5 Å². The molecule has 0 spiro atoms. The molecule has 35 heavy (non-hydrogen) atoms. The summed E-state index contributed by atoms with van der Waals surface area (Å²) in [4.78, 5) is 12.7. The third kappa shape index (κ3) is 6.06. The van der Waals surface area contributed by atoms with Crippen LogP contribution in [0, 0.1) is 0 Å². The molecule has 0 radical (unpaired) electrons. The Balaban J connectivity index is 1.45. The molecular formula is C26H22Cl2N2O4S. The largest absolute Gasteiger partial charge is 0.491 e. The Kier molecular flexibility index (Phi) is 7.80. The number of nitrogens with zero attached hydrogens (tertiary/aromatic N) is 1. The lowest BCUT2D eigenvalue weighted by atomic mass is 10.1. The number of fused-ring (bicyclic) bond motifs is 1. The van der Waals surface area contributed by atoms with E-state index in [1.165, 1.54) is 30.3 Å². The van der Waals surface area contributed by atoms with Crippen molar-refractivity contribution in [2.45, 2.75) is 4.90 Å². The van der Waals surface area contributed by atoms with Crippen LogP contribution in [0.2, 0.25) is 10.0 Å². The third-order valence-corrected chi connectivity index (χ3v) is 7.49. The molecule has 0 aliphatic heterocycles. The van der Waals surface area contributed by atoms with Crippen LogP contribution in [-0.4, -0.2) is 34.0 Å². The fourth-order valence-electron chi connectivity index (χ4n) is 3.54. The quantitative estimate of drug-likeness (QED) is 0.289. The van der Waals surface area contributed by atoms with E-state index in [-0.39, 0.29) is 23.7 Å². The number of amides is 1. The van der Waals surface area contributed by atoms with E-state index in [1.807, 2.05) is 42.5 Å². The van der Waals surface area contributed by atoms with Crippen LogP contribution in [0.4, 0.5) is 5.69 Å². The Labute approximate surface area is 214 Å². The van der Waals surface area contributed by atoms with Gasteiger partial charge in [-0.15, -0.1) is 0 Å². The summed E-state index contributed by atoms with van der Waals surface area (Å²) < 4.78 is 33.6. The molecule has 0 saturated carbocycles. The second-order valence-corrected chi connectivity index (χ2v) is 10.4. The van der Waals surface area contributed by atoms with Gasteiger partial charge in [-0.1, -0.05) is 65.7 Å². The fourth-order valence-corrected chi connectivity index (χ4v) is 5.26. The van der Waals surface area contributed by atoms with Gasteiger partial charge in [0.1, 0.15) is 18.9 Å². The molecule has 0 heterocycles. The van der Waals surface area contributed by atoms with E-state index in [0.29, 0.717) is 15.8 Å². The molecule has 1 amide bonds. The average molecular weight is 529 g/mol. The molecule has 0 aliphatic rings. The van der Waals surface area contributed by atoms with Gasteiger partial charge in [-0.05, 0) is 53.9 Å². The zero-order valence-corrected chi connectivity index (χ0v) is 20.9. The van der Waals surface area contributed by atoms with Crippen LogP contribution in [0.5, 0.6) is 5.75 Å². The Bertz CT molecular complexity index is 1440. The first-order valence-electron chi connectivity index (χ1n) is 10.8. The Hall–Kier alpha value is -3.26. The highest BCUT2D eigenvalue weighted by atomic mass is 35.5. The van der Waals surface area contributed by atoms with Gasteiger partial charge in [0.15, 0.2) is 0 Å². The average Bonchev–Trinajstić information content (AvgIpc) is 2.85. The van der Waals surface area contributed by atoms with Gasteiger partial charge in [-0.2, -0.15) is 0 Å². The van der Waals surface area contributed by atoms with Gasteiger partial charge in [0.05, 0.1) is 17.1 Å². The minimum absolute atomic E-state index is 0.00830. The molecule has 0 unspecified atom stereocenters. The Morgan fingerprint density at radius 2 is 1.57 bits per heavy atom. The number of carbonyl (C=O) groups excluding carboxylic acids is 1. The number of hydrogen-bond acceptors (Lipinski definition) is 4. The SMILES string of the molecule is O=C(CN(c1cccc(Cl)c1)S(=O)(=O)c1ccc(Cl)cc1)NCCOc1cccc2ccccc12. The third-order valence-electron chi connectivity index (χ3n) is 5.22. The lowest BCUT2D eigenvalue weighted by Gasteiger charge is -2.24. The number of carbonyl (C=O) groups is 1. The Morgan fingerprint density at radius 1 is 0.857 bits per heavy atom.